The van der Waals surface area contributed by atoms with Gasteiger partial charge in [-0.05, 0) is 36.6 Å². The molecule has 0 saturated heterocycles. The minimum Gasteiger partial charge on any atom is -0.347 e. The van der Waals surface area contributed by atoms with Crippen molar-refractivity contribution in [2.45, 2.75) is 26.3 Å². The standard InChI is InChI=1S/C15H21ClN2O2/c1-10(2)9-13(15(20)18(3)4)17-14(19)11-5-7-12(16)8-6-11/h5-8,10,13H,9H2,1-4H3,(H,17,19). The van der Waals surface area contributed by atoms with Gasteiger partial charge in [0.25, 0.3) is 5.91 Å². The lowest BCUT2D eigenvalue weighted by Gasteiger charge is -2.23. The highest BCUT2D eigenvalue weighted by molar-refractivity contribution is 6.30. The van der Waals surface area contributed by atoms with E-state index >= 15 is 0 Å². The summed E-state index contributed by atoms with van der Waals surface area (Å²) in [5, 5.41) is 3.37. The fourth-order valence-corrected chi connectivity index (χ4v) is 1.97. The number of likely N-dealkylation sites (N-methyl/N-ethyl adjacent to an activating group) is 1. The SMILES string of the molecule is CC(C)CC(NC(=O)c1ccc(Cl)cc1)C(=O)N(C)C. The summed E-state index contributed by atoms with van der Waals surface area (Å²) in [5.74, 6) is -0.0436. The molecule has 0 aliphatic rings. The fraction of sp³-hybridized carbons (Fsp3) is 0.467. The molecule has 1 unspecified atom stereocenters. The van der Waals surface area contributed by atoms with E-state index in [-0.39, 0.29) is 11.8 Å². The first-order valence-corrected chi connectivity index (χ1v) is 6.96. The van der Waals surface area contributed by atoms with Gasteiger partial charge in [-0.25, -0.2) is 0 Å². The van der Waals surface area contributed by atoms with E-state index in [1.165, 1.54) is 4.90 Å². The number of amides is 2. The van der Waals surface area contributed by atoms with E-state index in [0.29, 0.717) is 22.9 Å². The molecular weight excluding hydrogens is 276 g/mol. The second-order valence-electron chi connectivity index (χ2n) is 5.40. The lowest BCUT2D eigenvalue weighted by Crippen LogP contribution is -2.46. The molecule has 2 amide bonds. The summed E-state index contributed by atoms with van der Waals surface area (Å²) in [5.41, 5.74) is 0.495. The largest absolute Gasteiger partial charge is 0.347 e. The van der Waals surface area contributed by atoms with E-state index in [4.69, 9.17) is 11.6 Å². The van der Waals surface area contributed by atoms with Gasteiger partial charge in [0, 0.05) is 24.7 Å². The Morgan fingerprint density at radius 1 is 1.20 bits per heavy atom. The molecule has 0 radical (unpaired) electrons. The topological polar surface area (TPSA) is 49.4 Å². The molecule has 0 aromatic heterocycles. The molecule has 1 aromatic rings. The maximum absolute atomic E-state index is 12.1. The molecule has 5 heteroatoms. The number of rotatable bonds is 5. The summed E-state index contributed by atoms with van der Waals surface area (Å²) in [7, 11) is 3.37. The second-order valence-corrected chi connectivity index (χ2v) is 5.83. The van der Waals surface area contributed by atoms with Crippen LogP contribution in [0.2, 0.25) is 5.02 Å². The Balaban J connectivity index is 2.81. The van der Waals surface area contributed by atoms with Gasteiger partial charge in [0.1, 0.15) is 6.04 Å². The predicted octanol–water partition coefficient (Wildman–Crippen LogP) is 2.57. The van der Waals surface area contributed by atoms with Crippen LogP contribution in [0.3, 0.4) is 0 Å². The lowest BCUT2D eigenvalue weighted by molar-refractivity contribution is -0.131. The molecule has 0 heterocycles. The van der Waals surface area contributed by atoms with Crippen LogP contribution in [0.4, 0.5) is 0 Å². The Morgan fingerprint density at radius 3 is 2.20 bits per heavy atom. The number of benzene rings is 1. The van der Waals surface area contributed by atoms with Crippen LogP contribution in [0.5, 0.6) is 0 Å². The monoisotopic (exact) mass is 296 g/mol. The first kappa shape index (κ1) is 16.5. The van der Waals surface area contributed by atoms with Gasteiger partial charge in [-0.15, -0.1) is 0 Å². The molecule has 20 heavy (non-hydrogen) atoms. The van der Waals surface area contributed by atoms with Gasteiger partial charge in [0.05, 0.1) is 0 Å². The molecule has 0 aliphatic carbocycles. The maximum Gasteiger partial charge on any atom is 0.251 e. The first-order valence-electron chi connectivity index (χ1n) is 6.59. The second kappa shape index (κ2) is 7.29. The van der Waals surface area contributed by atoms with Crippen LogP contribution >= 0.6 is 11.6 Å². The quantitative estimate of drug-likeness (QED) is 0.908. The van der Waals surface area contributed by atoms with Crippen molar-refractivity contribution in [3.8, 4) is 0 Å². The highest BCUT2D eigenvalue weighted by atomic mass is 35.5. The summed E-state index contributed by atoms with van der Waals surface area (Å²) < 4.78 is 0. The van der Waals surface area contributed by atoms with Gasteiger partial charge < -0.3 is 10.2 Å². The van der Waals surface area contributed by atoms with E-state index in [1.807, 2.05) is 13.8 Å². The third-order valence-electron chi connectivity index (χ3n) is 2.86. The molecule has 0 spiro atoms. The van der Waals surface area contributed by atoms with Crippen LogP contribution < -0.4 is 5.32 Å². The number of nitrogens with one attached hydrogen (secondary N) is 1. The van der Waals surface area contributed by atoms with Crippen molar-refractivity contribution >= 4 is 23.4 Å². The van der Waals surface area contributed by atoms with Crippen molar-refractivity contribution < 1.29 is 9.59 Å². The summed E-state index contributed by atoms with van der Waals surface area (Å²) in [6.07, 6.45) is 0.607. The van der Waals surface area contributed by atoms with Crippen LogP contribution in [-0.2, 0) is 4.79 Å². The van der Waals surface area contributed by atoms with E-state index in [2.05, 4.69) is 5.32 Å². The predicted molar refractivity (Wildman–Crippen MR) is 80.9 cm³/mol. The van der Waals surface area contributed by atoms with Crippen LogP contribution in [-0.4, -0.2) is 36.9 Å². The zero-order chi connectivity index (χ0) is 15.3. The average molecular weight is 297 g/mol. The van der Waals surface area contributed by atoms with Gasteiger partial charge in [-0.1, -0.05) is 25.4 Å². The van der Waals surface area contributed by atoms with E-state index in [9.17, 15) is 9.59 Å². The minimum absolute atomic E-state index is 0.0963. The molecule has 0 saturated carbocycles. The first-order chi connectivity index (χ1) is 9.31. The summed E-state index contributed by atoms with van der Waals surface area (Å²) >= 11 is 5.79. The van der Waals surface area contributed by atoms with E-state index in [1.54, 1.807) is 38.4 Å². The third kappa shape index (κ3) is 4.85. The van der Waals surface area contributed by atoms with E-state index < -0.39 is 6.04 Å². The number of carbonyl (C=O) groups is 2. The smallest absolute Gasteiger partial charge is 0.251 e. The highest BCUT2D eigenvalue weighted by Crippen LogP contribution is 2.11. The molecule has 1 rings (SSSR count). The molecule has 110 valence electrons. The maximum atomic E-state index is 12.1. The Hall–Kier alpha value is -1.55. The number of hydrogen-bond donors (Lipinski definition) is 1. The van der Waals surface area contributed by atoms with Gasteiger partial charge in [0.15, 0.2) is 0 Å². The van der Waals surface area contributed by atoms with Crippen molar-refractivity contribution in [3.05, 3.63) is 34.9 Å². The van der Waals surface area contributed by atoms with E-state index in [0.717, 1.165) is 0 Å². The van der Waals surface area contributed by atoms with Gasteiger partial charge in [0.2, 0.25) is 5.91 Å². The van der Waals surface area contributed by atoms with Gasteiger partial charge >= 0.3 is 0 Å². The number of carbonyl (C=O) groups excluding carboxylic acids is 2. The molecule has 1 atom stereocenters. The molecular formula is C15H21ClN2O2. The Labute approximate surface area is 125 Å². The summed E-state index contributed by atoms with van der Waals surface area (Å²) in [6.45, 7) is 4.04. The zero-order valence-electron chi connectivity index (χ0n) is 12.3. The van der Waals surface area contributed by atoms with Gasteiger partial charge in [-0.3, -0.25) is 9.59 Å². The summed E-state index contributed by atoms with van der Waals surface area (Å²) in [4.78, 5) is 25.7. The third-order valence-corrected chi connectivity index (χ3v) is 3.11. The van der Waals surface area contributed by atoms with Gasteiger partial charge in [-0.2, -0.15) is 0 Å². The lowest BCUT2D eigenvalue weighted by atomic mass is 10.0. The normalized spacial score (nSPS) is 12.1. The van der Waals surface area contributed by atoms with Crippen molar-refractivity contribution in [2.24, 2.45) is 5.92 Å². The van der Waals surface area contributed by atoms with Crippen LogP contribution in [0.25, 0.3) is 0 Å². The van der Waals surface area contributed by atoms with Crippen LogP contribution in [0, 0.1) is 5.92 Å². The molecule has 4 nitrogen and oxygen atoms in total. The highest BCUT2D eigenvalue weighted by Gasteiger charge is 2.23. The van der Waals surface area contributed by atoms with Crippen molar-refractivity contribution in [2.75, 3.05) is 14.1 Å². The average Bonchev–Trinajstić information content (AvgIpc) is 2.37. The molecule has 1 aromatic carbocycles. The number of hydrogen-bond acceptors (Lipinski definition) is 2. The van der Waals surface area contributed by atoms with Crippen molar-refractivity contribution in [1.82, 2.24) is 10.2 Å². The van der Waals surface area contributed by atoms with Crippen molar-refractivity contribution in [3.63, 3.8) is 0 Å². The minimum atomic E-state index is -0.506. The molecule has 1 N–H and O–H groups in total. The molecule has 0 fully saturated rings. The van der Waals surface area contributed by atoms with Crippen molar-refractivity contribution in [1.29, 1.82) is 0 Å². The molecule has 0 bridgehead atoms. The van der Waals surface area contributed by atoms with Crippen LogP contribution in [0.15, 0.2) is 24.3 Å². The Bertz CT molecular complexity index is 469. The Kier molecular flexibility index (Phi) is 6.02. The zero-order valence-corrected chi connectivity index (χ0v) is 13.1. The number of halogens is 1. The molecule has 0 aliphatic heterocycles. The summed E-state index contributed by atoms with van der Waals surface area (Å²) in [6, 6.07) is 6.09. The van der Waals surface area contributed by atoms with Crippen LogP contribution in [0.1, 0.15) is 30.6 Å². The fourth-order valence-electron chi connectivity index (χ4n) is 1.85. The Morgan fingerprint density at radius 2 is 1.75 bits per heavy atom. The number of nitrogens with zero attached hydrogens (tertiary/aromatic N) is 1.